The van der Waals surface area contributed by atoms with Crippen LogP contribution in [0.15, 0.2) is 42.5 Å². The average molecular weight is 403 g/mol. The summed E-state index contributed by atoms with van der Waals surface area (Å²) in [5.41, 5.74) is 0.593. The minimum Gasteiger partial charge on any atom is -0.477 e. The fourth-order valence-electron chi connectivity index (χ4n) is 3.40. The Kier molecular flexibility index (Phi) is 4.43. The number of aromatic carboxylic acids is 1. The molecule has 0 saturated carbocycles. The van der Waals surface area contributed by atoms with Crippen molar-refractivity contribution in [3.05, 3.63) is 75.2 Å². The monoisotopic (exact) mass is 403 g/mol. The molecule has 2 heterocycles. The van der Waals surface area contributed by atoms with E-state index < -0.39 is 35.2 Å². The predicted octanol–water partition coefficient (Wildman–Crippen LogP) is 5.00. The lowest BCUT2D eigenvalue weighted by molar-refractivity contribution is -0.116. The summed E-state index contributed by atoms with van der Waals surface area (Å²) in [5.74, 6) is -5.26. The van der Waals surface area contributed by atoms with Crippen molar-refractivity contribution in [2.45, 2.75) is 12.3 Å². The van der Waals surface area contributed by atoms with Crippen LogP contribution in [0.5, 0.6) is 0 Å². The van der Waals surface area contributed by atoms with Crippen LogP contribution in [-0.2, 0) is 4.79 Å². The summed E-state index contributed by atoms with van der Waals surface area (Å²) in [5, 5.41) is 12.3. The van der Waals surface area contributed by atoms with Crippen molar-refractivity contribution in [2.75, 3.05) is 5.32 Å². The van der Waals surface area contributed by atoms with Crippen molar-refractivity contribution in [2.24, 2.45) is 0 Å². The molecule has 1 unspecified atom stereocenters. The first-order chi connectivity index (χ1) is 13.4. The van der Waals surface area contributed by atoms with Crippen molar-refractivity contribution >= 4 is 28.9 Å². The summed E-state index contributed by atoms with van der Waals surface area (Å²) >= 11 is 0.864. The summed E-state index contributed by atoms with van der Waals surface area (Å²) in [7, 11) is 0. The Balaban J connectivity index is 1.98. The van der Waals surface area contributed by atoms with Crippen LogP contribution in [0.1, 0.15) is 32.5 Å². The lowest BCUT2D eigenvalue weighted by Crippen LogP contribution is -2.23. The molecule has 0 spiro atoms. The minimum absolute atomic E-state index is 0.0277. The van der Waals surface area contributed by atoms with Crippen LogP contribution in [0, 0.1) is 17.5 Å². The number of carboxylic acid groups (broad SMARTS) is 1. The Bertz CT molecular complexity index is 1130. The number of anilines is 1. The molecule has 0 bridgehead atoms. The molecule has 0 aliphatic carbocycles. The van der Waals surface area contributed by atoms with Crippen molar-refractivity contribution in [1.29, 1.82) is 0 Å². The van der Waals surface area contributed by atoms with Crippen LogP contribution in [-0.4, -0.2) is 17.0 Å². The zero-order valence-corrected chi connectivity index (χ0v) is 14.9. The molecule has 2 aromatic carbocycles. The van der Waals surface area contributed by atoms with E-state index >= 15 is 0 Å². The Morgan fingerprint density at radius 2 is 1.89 bits per heavy atom. The van der Waals surface area contributed by atoms with Gasteiger partial charge in [0.15, 0.2) is 11.6 Å². The van der Waals surface area contributed by atoms with E-state index in [1.165, 1.54) is 30.3 Å². The number of halogens is 3. The second-order valence-electron chi connectivity index (χ2n) is 6.31. The standard InChI is InChI=1S/C20H12F3NO3S/c21-10-4-1-3-9(7-10)15-17-18(28-19(15)20(26)27)12(8-14(25)24-17)11-5-2-6-13(22)16(11)23/h1-7,12H,8H2,(H,24,25)(H,26,27). The van der Waals surface area contributed by atoms with E-state index in [0.29, 0.717) is 4.88 Å². The molecule has 1 aliphatic rings. The summed E-state index contributed by atoms with van der Waals surface area (Å²) in [6, 6.07) is 9.00. The Labute approximate surface area is 161 Å². The highest BCUT2D eigenvalue weighted by atomic mass is 32.1. The maximum atomic E-state index is 14.4. The first-order valence-corrected chi connectivity index (χ1v) is 9.08. The van der Waals surface area contributed by atoms with Gasteiger partial charge in [-0.2, -0.15) is 0 Å². The second-order valence-corrected chi connectivity index (χ2v) is 7.36. The summed E-state index contributed by atoms with van der Waals surface area (Å²) in [4.78, 5) is 24.4. The number of carboxylic acids is 1. The number of amides is 1. The summed E-state index contributed by atoms with van der Waals surface area (Å²) < 4.78 is 41.8. The van der Waals surface area contributed by atoms with Gasteiger partial charge in [-0.3, -0.25) is 4.79 Å². The highest BCUT2D eigenvalue weighted by molar-refractivity contribution is 7.15. The molecule has 3 aromatic rings. The molecule has 4 rings (SSSR count). The minimum atomic E-state index is -1.26. The summed E-state index contributed by atoms with van der Waals surface area (Å²) in [6.45, 7) is 0. The van der Waals surface area contributed by atoms with Crippen molar-refractivity contribution in [3.63, 3.8) is 0 Å². The van der Waals surface area contributed by atoms with E-state index in [1.807, 2.05) is 0 Å². The Hall–Kier alpha value is -3.13. The third-order valence-electron chi connectivity index (χ3n) is 4.57. The second kappa shape index (κ2) is 6.79. The van der Waals surface area contributed by atoms with Crippen LogP contribution in [0.4, 0.5) is 18.9 Å². The number of nitrogens with one attached hydrogen (secondary N) is 1. The lowest BCUT2D eigenvalue weighted by Gasteiger charge is -2.24. The first-order valence-electron chi connectivity index (χ1n) is 8.26. The number of carbonyl (C=O) groups excluding carboxylic acids is 1. The molecule has 0 radical (unpaired) electrons. The molecule has 0 fully saturated rings. The third-order valence-corrected chi connectivity index (χ3v) is 5.86. The number of fused-ring (bicyclic) bond motifs is 1. The largest absolute Gasteiger partial charge is 0.477 e. The zero-order valence-electron chi connectivity index (χ0n) is 14.1. The fraction of sp³-hybridized carbons (Fsp3) is 0.100. The SMILES string of the molecule is O=C1CC(c2cccc(F)c2F)c2sc(C(=O)O)c(-c3cccc(F)c3)c2N1. The van der Waals surface area contributed by atoms with Crippen molar-refractivity contribution < 1.29 is 27.9 Å². The van der Waals surface area contributed by atoms with Crippen molar-refractivity contribution in [1.82, 2.24) is 0 Å². The van der Waals surface area contributed by atoms with Crippen LogP contribution in [0.2, 0.25) is 0 Å². The van der Waals surface area contributed by atoms with Crippen LogP contribution >= 0.6 is 11.3 Å². The molecule has 1 aromatic heterocycles. The molecule has 142 valence electrons. The quantitative estimate of drug-likeness (QED) is 0.647. The van der Waals surface area contributed by atoms with E-state index in [4.69, 9.17) is 0 Å². The number of benzene rings is 2. The van der Waals surface area contributed by atoms with Crippen molar-refractivity contribution in [3.8, 4) is 11.1 Å². The Morgan fingerprint density at radius 3 is 2.61 bits per heavy atom. The molecular formula is C20H12F3NO3S. The first kappa shape index (κ1) is 18.2. The van der Waals surface area contributed by atoms with Gasteiger partial charge in [-0.15, -0.1) is 11.3 Å². The van der Waals surface area contributed by atoms with E-state index in [1.54, 1.807) is 0 Å². The van der Waals surface area contributed by atoms with Crippen LogP contribution in [0.3, 0.4) is 0 Å². The van der Waals surface area contributed by atoms with Gasteiger partial charge >= 0.3 is 5.97 Å². The molecule has 1 aliphatic heterocycles. The van der Waals surface area contributed by atoms with Crippen LogP contribution < -0.4 is 5.32 Å². The highest BCUT2D eigenvalue weighted by Crippen LogP contribution is 2.49. The Morgan fingerprint density at radius 1 is 1.14 bits per heavy atom. The summed E-state index contributed by atoms with van der Waals surface area (Å²) in [6.07, 6.45) is -0.157. The maximum absolute atomic E-state index is 14.4. The molecule has 1 atom stereocenters. The van der Waals surface area contributed by atoms with Gasteiger partial charge in [0.25, 0.3) is 0 Å². The van der Waals surface area contributed by atoms with Gasteiger partial charge in [-0.05, 0) is 29.3 Å². The predicted molar refractivity (Wildman–Crippen MR) is 98.1 cm³/mol. The topological polar surface area (TPSA) is 66.4 Å². The molecule has 2 N–H and O–H groups in total. The van der Waals surface area contributed by atoms with Gasteiger partial charge in [0, 0.05) is 22.8 Å². The number of thiophene rings is 1. The van der Waals surface area contributed by atoms with E-state index in [0.717, 1.165) is 23.5 Å². The van der Waals surface area contributed by atoms with Crippen LogP contribution in [0.25, 0.3) is 11.1 Å². The molecule has 0 saturated heterocycles. The van der Waals surface area contributed by atoms with Gasteiger partial charge in [-0.1, -0.05) is 24.3 Å². The smallest absolute Gasteiger partial charge is 0.346 e. The van der Waals surface area contributed by atoms with E-state index in [9.17, 15) is 27.9 Å². The molecule has 1 amide bonds. The normalized spacial score (nSPS) is 15.8. The number of hydrogen-bond donors (Lipinski definition) is 2. The molecule has 4 nitrogen and oxygen atoms in total. The van der Waals surface area contributed by atoms with Gasteiger partial charge in [0.05, 0.1) is 5.69 Å². The van der Waals surface area contributed by atoms with Gasteiger partial charge in [0.1, 0.15) is 10.7 Å². The van der Waals surface area contributed by atoms with Gasteiger partial charge in [-0.25, -0.2) is 18.0 Å². The average Bonchev–Trinajstić information content (AvgIpc) is 3.03. The lowest BCUT2D eigenvalue weighted by atomic mass is 9.88. The number of carbonyl (C=O) groups is 2. The van der Waals surface area contributed by atoms with Gasteiger partial charge in [0.2, 0.25) is 5.91 Å². The van der Waals surface area contributed by atoms with E-state index in [2.05, 4.69) is 5.32 Å². The van der Waals surface area contributed by atoms with Gasteiger partial charge < -0.3 is 10.4 Å². The highest BCUT2D eigenvalue weighted by Gasteiger charge is 2.36. The molecule has 8 heteroatoms. The molecule has 28 heavy (non-hydrogen) atoms. The number of rotatable bonds is 3. The molecular weight excluding hydrogens is 391 g/mol. The zero-order chi connectivity index (χ0) is 20.0. The van der Waals surface area contributed by atoms with E-state index in [-0.39, 0.29) is 33.7 Å². The number of hydrogen-bond acceptors (Lipinski definition) is 3. The fourth-order valence-corrected chi connectivity index (χ4v) is 4.63. The maximum Gasteiger partial charge on any atom is 0.346 e. The third kappa shape index (κ3) is 2.95.